The van der Waals surface area contributed by atoms with Crippen molar-refractivity contribution < 1.29 is 58.5 Å². The first kappa shape index (κ1) is 31.1. The molecule has 2 aromatic rings. The van der Waals surface area contributed by atoms with Crippen LogP contribution in [0.25, 0.3) is 0 Å². The van der Waals surface area contributed by atoms with Crippen molar-refractivity contribution in [2.45, 2.75) is 74.9 Å². The Morgan fingerprint density at radius 1 is 1.11 bits per heavy atom. The van der Waals surface area contributed by atoms with E-state index in [2.05, 4.69) is 10.2 Å². The van der Waals surface area contributed by atoms with Gasteiger partial charge >= 0.3 is 0 Å². The van der Waals surface area contributed by atoms with E-state index in [1.165, 1.54) is 25.3 Å². The van der Waals surface area contributed by atoms with E-state index >= 15 is 0 Å². The minimum absolute atomic E-state index is 0.0309. The Kier molecular flexibility index (Phi) is 7.68. The normalized spacial score (nSPS) is 33.5. The highest BCUT2D eigenvalue weighted by Gasteiger charge is 2.54. The molecule has 46 heavy (non-hydrogen) atoms. The van der Waals surface area contributed by atoms with Crippen LogP contribution < -0.4 is 10.1 Å². The van der Waals surface area contributed by atoms with Gasteiger partial charge in [-0.2, -0.15) is 0 Å². The van der Waals surface area contributed by atoms with Gasteiger partial charge in [-0.05, 0) is 13.0 Å². The molecule has 2 aromatic carbocycles. The van der Waals surface area contributed by atoms with Crippen molar-refractivity contribution in [1.82, 2.24) is 10.2 Å². The highest BCUT2D eigenvalue weighted by molar-refractivity contribution is 6.31. The first-order valence-corrected chi connectivity index (χ1v) is 15.2. The fourth-order valence-electron chi connectivity index (χ4n) is 7.81. The Morgan fingerprint density at radius 2 is 1.87 bits per heavy atom. The maximum atomic E-state index is 13.9. The summed E-state index contributed by atoms with van der Waals surface area (Å²) in [5, 5.41) is 47.8. The van der Waals surface area contributed by atoms with Crippen LogP contribution in [0.15, 0.2) is 18.2 Å². The molecule has 0 amide bonds. The molecule has 0 unspecified atom stereocenters. The maximum absolute atomic E-state index is 13.9. The molecule has 0 bridgehead atoms. The molecule has 8 atom stereocenters. The number of ketones is 3. The summed E-state index contributed by atoms with van der Waals surface area (Å²) in [6, 6.07) is 4.31. The highest BCUT2D eigenvalue weighted by atomic mass is 16.7. The molecule has 3 aliphatic heterocycles. The molecular formula is C32H36N2O12. The van der Waals surface area contributed by atoms with E-state index in [-0.39, 0.29) is 52.6 Å². The number of Topliss-reactive ketones (excluding diaryl/α,β-unsaturated/α-hetero) is 1. The second kappa shape index (κ2) is 11.3. The second-order valence-corrected chi connectivity index (χ2v) is 12.4. The highest BCUT2D eigenvalue weighted by Crippen LogP contribution is 2.53. The molecule has 14 nitrogen and oxygen atoms in total. The number of piperazine rings is 1. The third kappa shape index (κ3) is 4.51. The molecule has 0 aromatic heterocycles. The van der Waals surface area contributed by atoms with Crippen molar-refractivity contribution in [1.29, 1.82) is 0 Å². The number of carbonyl (C=O) groups excluding carboxylic acids is 3. The zero-order chi connectivity index (χ0) is 32.7. The lowest BCUT2D eigenvalue weighted by Gasteiger charge is -2.43. The molecule has 0 saturated carbocycles. The van der Waals surface area contributed by atoms with E-state index in [1.807, 2.05) is 6.92 Å². The molecule has 3 saturated heterocycles. The Bertz CT molecular complexity index is 1630. The monoisotopic (exact) mass is 640 g/mol. The fourth-order valence-corrected chi connectivity index (χ4v) is 7.81. The van der Waals surface area contributed by atoms with Crippen LogP contribution in [-0.4, -0.2) is 119 Å². The van der Waals surface area contributed by atoms with Crippen molar-refractivity contribution in [2.24, 2.45) is 0 Å². The number of rotatable bonds is 6. The van der Waals surface area contributed by atoms with Gasteiger partial charge in [0.1, 0.15) is 41.8 Å². The van der Waals surface area contributed by atoms with Gasteiger partial charge in [-0.3, -0.25) is 24.6 Å². The van der Waals surface area contributed by atoms with Crippen LogP contribution in [0.2, 0.25) is 0 Å². The minimum Gasteiger partial charge on any atom is -0.507 e. The van der Waals surface area contributed by atoms with Gasteiger partial charge in [-0.15, -0.1) is 0 Å². The zero-order valence-corrected chi connectivity index (χ0v) is 25.5. The predicted molar refractivity (Wildman–Crippen MR) is 156 cm³/mol. The number of methoxy groups -OCH3 is 2. The van der Waals surface area contributed by atoms with Crippen molar-refractivity contribution in [2.75, 3.05) is 33.9 Å². The van der Waals surface area contributed by atoms with Crippen molar-refractivity contribution in [3.63, 3.8) is 0 Å². The number of ether oxygens (including phenoxy) is 5. The van der Waals surface area contributed by atoms with Crippen molar-refractivity contribution >= 4 is 17.3 Å². The Labute approximate surface area is 263 Å². The van der Waals surface area contributed by atoms with Crippen molar-refractivity contribution in [3.8, 4) is 17.2 Å². The van der Waals surface area contributed by atoms with Gasteiger partial charge in [-0.1, -0.05) is 12.1 Å². The molecule has 0 spiro atoms. The summed E-state index contributed by atoms with van der Waals surface area (Å²) in [4.78, 5) is 42.7. The van der Waals surface area contributed by atoms with Crippen LogP contribution in [0.1, 0.15) is 68.8 Å². The third-order valence-corrected chi connectivity index (χ3v) is 9.97. The number of benzene rings is 2. The number of hydrogen-bond donors (Lipinski definition) is 5. The van der Waals surface area contributed by atoms with Crippen molar-refractivity contribution in [3.05, 3.63) is 51.6 Å². The smallest absolute Gasteiger partial charge is 0.202 e. The molecule has 3 fully saturated rings. The zero-order valence-electron chi connectivity index (χ0n) is 25.5. The maximum Gasteiger partial charge on any atom is 0.202 e. The number of aliphatic hydroxyl groups excluding tert-OH is 1. The molecular weight excluding hydrogens is 604 g/mol. The van der Waals surface area contributed by atoms with Crippen LogP contribution in [0, 0.1) is 0 Å². The summed E-state index contributed by atoms with van der Waals surface area (Å²) in [6.07, 6.45) is -4.28. The summed E-state index contributed by atoms with van der Waals surface area (Å²) >= 11 is 0. The van der Waals surface area contributed by atoms with Gasteiger partial charge in [0, 0.05) is 62.2 Å². The number of fused-ring (bicyclic) bond motifs is 6. The van der Waals surface area contributed by atoms with Crippen LogP contribution >= 0.6 is 0 Å². The number of aromatic hydroxyl groups is 2. The predicted octanol–water partition coefficient (Wildman–Crippen LogP) is 0.284. The third-order valence-electron chi connectivity index (χ3n) is 9.97. The first-order chi connectivity index (χ1) is 22.0. The molecule has 7 rings (SSSR count). The number of carbonyl (C=O) groups is 3. The summed E-state index contributed by atoms with van der Waals surface area (Å²) in [5.74, 6) is -3.57. The summed E-state index contributed by atoms with van der Waals surface area (Å²) in [7, 11) is 2.94. The average Bonchev–Trinajstić information content (AvgIpc) is 3.43. The molecule has 3 heterocycles. The van der Waals surface area contributed by atoms with E-state index in [1.54, 1.807) is 7.11 Å². The van der Waals surface area contributed by atoms with Crippen LogP contribution in [0.3, 0.4) is 0 Å². The van der Waals surface area contributed by atoms with Gasteiger partial charge in [0.2, 0.25) is 5.78 Å². The standard InChI is InChI=1S/C32H36N2O12/c1-13-29-16(34-8-7-33-30(43-3)31(34)46-29)9-20(44-13)45-18-11-32(41,19(36)12-35)10-15-22(18)28(40)24-23(26(15)38)25(37)14-5-4-6-17(42-2)21(14)27(24)39/h4-6,13,16,18,20,29-31,33,35,38,40-41H,7-12H2,1-3H3/t13-,16-,18-,20-,29+,30+,31+,32-/m0/s1. The van der Waals surface area contributed by atoms with E-state index < -0.39 is 83.5 Å². The lowest BCUT2D eigenvalue weighted by atomic mass is 9.72. The quantitative estimate of drug-likeness (QED) is 0.231. The minimum atomic E-state index is -2.22. The number of aliphatic hydroxyl groups is 2. The topological polar surface area (TPSA) is 194 Å². The number of phenols is 2. The number of nitrogens with one attached hydrogen (secondary N) is 1. The fraction of sp³-hybridized carbons (Fsp3) is 0.531. The Balaban J connectivity index is 1.30. The Hall–Kier alpha value is -3.47. The van der Waals surface area contributed by atoms with Gasteiger partial charge in [0.15, 0.2) is 24.1 Å². The summed E-state index contributed by atoms with van der Waals surface area (Å²) < 4.78 is 29.9. The largest absolute Gasteiger partial charge is 0.507 e. The van der Waals surface area contributed by atoms with Crippen LogP contribution in [0.4, 0.5) is 0 Å². The molecule has 2 aliphatic carbocycles. The SMILES string of the molecule is COc1cccc2c1C(=O)c1c(O)c3c(c(O)c1C2=O)C[C@@](O)(C(=O)CO)C[C@@H]3O[C@H]1C[C@H]2[C@H](O[C@@H]3[C@@H](OC)NCCN32)[C@H](C)O1. The second-order valence-electron chi connectivity index (χ2n) is 12.4. The van der Waals surface area contributed by atoms with Crippen LogP contribution in [-0.2, 0) is 30.2 Å². The molecule has 5 N–H and O–H groups in total. The molecule has 0 radical (unpaired) electrons. The van der Waals surface area contributed by atoms with Gasteiger partial charge in [-0.25, -0.2) is 0 Å². The summed E-state index contributed by atoms with van der Waals surface area (Å²) in [6.45, 7) is 2.21. The van der Waals surface area contributed by atoms with E-state index in [0.717, 1.165) is 0 Å². The average molecular weight is 641 g/mol. The number of hydrogen-bond acceptors (Lipinski definition) is 14. The molecule has 246 valence electrons. The first-order valence-electron chi connectivity index (χ1n) is 15.2. The lowest BCUT2D eigenvalue weighted by molar-refractivity contribution is -0.248. The van der Waals surface area contributed by atoms with Gasteiger partial charge < -0.3 is 44.1 Å². The molecule has 14 heteroatoms. The van der Waals surface area contributed by atoms with E-state index in [9.17, 15) is 34.8 Å². The van der Waals surface area contributed by atoms with Gasteiger partial charge in [0.05, 0.1) is 36.0 Å². The van der Waals surface area contributed by atoms with E-state index in [0.29, 0.717) is 19.5 Å². The van der Waals surface area contributed by atoms with E-state index in [4.69, 9.17) is 23.7 Å². The van der Waals surface area contributed by atoms with Gasteiger partial charge in [0.25, 0.3) is 0 Å². The Morgan fingerprint density at radius 3 is 2.59 bits per heavy atom. The lowest BCUT2D eigenvalue weighted by Crippen LogP contribution is -2.59. The molecule has 5 aliphatic rings. The summed E-state index contributed by atoms with van der Waals surface area (Å²) in [5.41, 5.74) is -3.38. The number of phenolic OH excluding ortho intramolecular Hbond substituents is 2. The van der Waals surface area contributed by atoms with Crippen LogP contribution in [0.5, 0.6) is 17.2 Å². The number of nitrogens with zero attached hydrogens (tertiary/aromatic N) is 1.